The maximum absolute atomic E-state index is 12.0. The van der Waals surface area contributed by atoms with Gasteiger partial charge >= 0.3 is 5.97 Å². The van der Waals surface area contributed by atoms with E-state index in [0.717, 1.165) is 48.8 Å². The molecular weight excluding hydrogens is 352 g/mol. The van der Waals surface area contributed by atoms with Gasteiger partial charge in [0.15, 0.2) is 0 Å². The van der Waals surface area contributed by atoms with E-state index in [1.165, 1.54) is 11.8 Å². The number of esters is 1. The van der Waals surface area contributed by atoms with Gasteiger partial charge in [-0.1, -0.05) is 24.3 Å². The van der Waals surface area contributed by atoms with Crippen molar-refractivity contribution in [2.75, 3.05) is 19.3 Å². The summed E-state index contributed by atoms with van der Waals surface area (Å²) in [6.07, 6.45) is 2.82. The van der Waals surface area contributed by atoms with E-state index in [-0.39, 0.29) is 12.0 Å². The second kappa shape index (κ2) is 6.64. The average molecular weight is 374 g/mol. The number of rotatable bonds is 4. The highest BCUT2D eigenvalue weighted by Crippen LogP contribution is 2.31. The summed E-state index contributed by atoms with van der Waals surface area (Å²) in [5.41, 5.74) is 2.88. The Morgan fingerprint density at radius 2 is 1.96 bits per heavy atom. The fraction of sp³-hybridized carbons (Fsp3) is 0.421. The van der Waals surface area contributed by atoms with Crippen LogP contribution in [0, 0.1) is 0 Å². The van der Waals surface area contributed by atoms with Crippen LogP contribution in [0.4, 0.5) is 0 Å². The fourth-order valence-electron chi connectivity index (χ4n) is 3.94. The molecule has 0 unspecified atom stereocenters. The Bertz CT molecular complexity index is 963. The van der Waals surface area contributed by atoms with Gasteiger partial charge in [-0.3, -0.25) is 4.90 Å². The number of nitrogens with zero attached hydrogens (tertiary/aromatic N) is 1. The van der Waals surface area contributed by atoms with Crippen LogP contribution < -0.4 is 4.72 Å². The number of hydrogen-bond donors (Lipinski definition) is 1. The minimum Gasteiger partial charge on any atom is -0.457 e. The molecule has 6 nitrogen and oxygen atoms in total. The predicted molar refractivity (Wildman–Crippen MR) is 99.3 cm³/mol. The lowest BCUT2D eigenvalue weighted by atomic mass is 9.93. The fourth-order valence-corrected chi connectivity index (χ4v) is 4.78. The van der Waals surface area contributed by atoms with Crippen LogP contribution in [0.5, 0.6) is 0 Å². The normalized spacial score (nSPS) is 18.9. The Morgan fingerprint density at radius 3 is 2.69 bits per heavy atom. The van der Waals surface area contributed by atoms with Crippen LogP contribution in [0.15, 0.2) is 30.3 Å². The van der Waals surface area contributed by atoms with E-state index >= 15 is 0 Å². The summed E-state index contributed by atoms with van der Waals surface area (Å²) in [5.74, 6) is -0.257. The van der Waals surface area contributed by atoms with E-state index in [2.05, 4.69) is 21.8 Å². The van der Waals surface area contributed by atoms with E-state index in [1.54, 1.807) is 0 Å². The summed E-state index contributed by atoms with van der Waals surface area (Å²) < 4.78 is 30.7. The Balaban J connectivity index is 1.54. The third kappa shape index (κ3) is 3.47. The van der Waals surface area contributed by atoms with Gasteiger partial charge in [0.2, 0.25) is 10.0 Å². The van der Waals surface area contributed by atoms with E-state index in [4.69, 9.17) is 4.74 Å². The third-order valence-electron chi connectivity index (χ3n) is 5.16. The lowest BCUT2D eigenvalue weighted by molar-refractivity contribution is 0.0463. The standard InChI is InChI=1S/C19H22N2O4S/c1-26(23,24)20-15-7-9-21(10-8-15)11-13-5-6-14-12-25-19(22)17-4-2-3-16(13)18(14)17/h2-6,15,20H,7-12H2,1H3. The molecule has 0 spiro atoms. The van der Waals surface area contributed by atoms with E-state index < -0.39 is 10.0 Å². The molecule has 2 aromatic rings. The number of benzene rings is 2. The van der Waals surface area contributed by atoms with Crippen LogP contribution in [-0.4, -0.2) is 44.7 Å². The molecule has 1 N–H and O–H groups in total. The summed E-state index contributed by atoms with van der Waals surface area (Å²) in [6.45, 7) is 2.81. The molecule has 0 amide bonds. The molecule has 0 aromatic heterocycles. The van der Waals surface area contributed by atoms with Crippen molar-refractivity contribution in [3.63, 3.8) is 0 Å². The van der Waals surface area contributed by atoms with Crippen molar-refractivity contribution in [1.29, 1.82) is 0 Å². The van der Waals surface area contributed by atoms with Crippen LogP contribution in [-0.2, 0) is 27.9 Å². The Kier molecular flexibility index (Phi) is 4.46. The highest BCUT2D eigenvalue weighted by molar-refractivity contribution is 7.88. The van der Waals surface area contributed by atoms with Crippen LogP contribution in [0.25, 0.3) is 10.8 Å². The van der Waals surface area contributed by atoms with Gasteiger partial charge in [-0.2, -0.15) is 0 Å². The molecular formula is C19H22N2O4S. The van der Waals surface area contributed by atoms with Crippen molar-refractivity contribution in [3.05, 3.63) is 47.0 Å². The first-order valence-corrected chi connectivity index (χ1v) is 10.7. The Morgan fingerprint density at radius 1 is 1.19 bits per heavy atom. The number of cyclic esters (lactones) is 1. The van der Waals surface area contributed by atoms with E-state index in [0.29, 0.717) is 12.2 Å². The molecule has 4 rings (SSSR count). The number of carbonyl (C=O) groups excluding carboxylic acids is 1. The maximum Gasteiger partial charge on any atom is 0.339 e. The molecule has 7 heteroatoms. The minimum absolute atomic E-state index is 0.0207. The van der Waals surface area contributed by atoms with Gasteiger partial charge < -0.3 is 4.74 Å². The average Bonchev–Trinajstić information content (AvgIpc) is 2.60. The Hall–Kier alpha value is -1.96. The smallest absolute Gasteiger partial charge is 0.339 e. The molecule has 138 valence electrons. The van der Waals surface area contributed by atoms with Gasteiger partial charge in [0.1, 0.15) is 6.61 Å². The number of sulfonamides is 1. The molecule has 2 aliphatic rings. The topological polar surface area (TPSA) is 75.7 Å². The number of ether oxygens (including phenoxy) is 1. The van der Waals surface area contributed by atoms with Gasteiger partial charge in [0.05, 0.1) is 11.8 Å². The molecule has 26 heavy (non-hydrogen) atoms. The number of nitrogens with one attached hydrogen (secondary N) is 1. The summed E-state index contributed by atoms with van der Waals surface area (Å²) >= 11 is 0. The minimum atomic E-state index is -3.15. The molecule has 0 saturated carbocycles. The van der Waals surface area contributed by atoms with E-state index in [9.17, 15) is 13.2 Å². The lowest BCUT2D eigenvalue weighted by Crippen LogP contribution is -2.43. The van der Waals surface area contributed by atoms with Gasteiger partial charge in [-0.25, -0.2) is 17.9 Å². The monoisotopic (exact) mass is 374 g/mol. The first-order chi connectivity index (χ1) is 12.4. The van der Waals surface area contributed by atoms with Crippen molar-refractivity contribution in [3.8, 4) is 0 Å². The molecule has 0 bridgehead atoms. The predicted octanol–water partition coefficient (Wildman–Crippen LogP) is 2.02. The van der Waals surface area contributed by atoms with Crippen molar-refractivity contribution < 1.29 is 17.9 Å². The third-order valence-corrected chi connectivity index (χ3v) is 5.92. The zero-order valence-corrected chi connectivity index (χ0v) is 15.5. The SMILES string of the molecule is CS(=O)(=O)NC1CCN(Cc2ccc3c4c(cccc24)C(=O)OC3)CC1. The van der Waals surface area contributed by atoms with Crippen LogP contribution >= 0.6 is 0 Å². The molecule has 0 radical (unpaired) electrons. The van der Waals surface area contributed by atoms with Crippen molar-refractivity contribution in [1.82, 2.24) is 9.62 Å². The zero-order valence-electron chi connectivity index (χ0n) is 14.7. The molecule has 2 aliphatic heterocycles. The lowest BCUT2D eigenvalue weighted by Gasteiger charge is -2.32. The number of likely N-dealkylation sites (tertiary alicyclic amines) is 1. The zero-order chi connectivity index (χ0) is 18.3. The van der Waals surface area contributed by atoms with Crippen molar-refractivity contribution in [2.45, 2.75) is 32.0 Å². The van der Waals surface area contributed by atoms with Crippen LogP contribution in [0.2, 0.25) is 0 Å². The van der Waals surface area contributed by atoms with E-state index in [1.807, 2.05) is 18.2 Å². The summed E-state index contributed by atoms with van der Waals surface area (Å²) in [4.78, 5) is 14.4. The number of hydrogen-bond acceptors (Lipinski definition) is 5. The summed E-state index contributed by atoms with van der Waals surface area (Å²) in [5, 5.41) is 2.11. The van der Waals surface area contributed by atoms with Crippen molar-refractivity contribution in [2.24, 2.45) is 0 Å². The quantitative estimate of drug-likeness (QED) is 0.829. The van der Waals surface area contributed by atoms with Gasteiger partial charge in [-0.15, -0.1) is 0 Å². The molecule has 0 aliphatic carbocycles. The Labute approximate surface area is 153 Å². The van der Waals surface area contributed by atoms with Crippen molar-refractivity contribution >= 4 is 26.8 Å². The van der Waals surface area contributed by atoms with Crippen LogP contribution in [0.1, 0.15) is 34.3 Å². The second-order valence-corrected chi connectivity index (χ2v) is 8.91. The van der Waals surface area contributed by atoms with Gasteiger partial charge in [-0.05, 0) is 35.4 Å². The van der Waals surface area contributed by atoms with Crippen LogP contribution in [0.3, 0.4) is 0 Å². The summed E-state index contributed by atoms with van der Waals surface area (Å²) in [6, 6.07) is 9.97. The molecule has 1 fully saturated rings. The number of piperidine rings is 1. The number of carbonyl (C=O) groups is 1. The summed E-state index contributed by atoms with van der Waals surface area (Å²) in [7, 11) is -3.15. The molecule has 2 heterocycles. The molecule has 1 saturated heterocycles. The largest absolute Gasteiger partial charge is 0.457 e. The maximum atomic E-state index is 12.0. The molecule has 0 atom stereocenters. The first kappa shape index (κ1) is 17.5. The van der Waals surface area contributed by atoms with Gasteiger partial charge in [0.25, 0.3) is 0 Å². The highest BCUT2D eigenvalue weighted by Gasteiger charge is 2.24. The second-order valence-electron chi connectivity index (χ2n) is 7.13. The highest BCUT2D eigenvalue weighted by atomic mass is 32.2. The van der Waals surface area contributed by atoms with Gasteiger partial charge in [0, 0.05) is 31.1 Å². The first-order valence-electron chi connectivity index (χ1n) is 8.81. The molecule has 2 aromatic carbocycles.